The Morgan fingerprint density at radius 3 is 2.35 bits per heavy atom. The van der Waals surface area contributed by atoms with E-state index in [2.05, 4.69) is 11.8 Å². The van der Waals surface area contributed by atoms with Crippen molar-refractivity contribution in [1.82, 2.24) is 18.9 Å². The summed E-state index contributed by atoms with van der Waals surface area (Å²) in [6.45, 7) is 7.91. The van der Waals surface area contributed by atoms with E-state index in [1.54, 1.807) is 30.0 Å². The molecule has 0 radical (unpaired) electrons. The molecule has 1 aliphatic heterocycles. The normalized spacial score (nSPS) is 15.6. The second-order valence-corrected chi connectivity index (χ2v) is 6.83. The van der Waals surface area contributed by atoms with Gasteiger partial charge in [0.2, 0.25) is 5.91 Å². The summed E-state index contributed by atoms with van der Waals surface area (Å²) < 4.78 is 2.51. The van der Waals surface area contributed by atoms with Crippen molar-refractivity contribution in [3.8, 4) is 0 Å². The first kappa shape index (κ1) is 18.7. The monoisotopic (exact) mass is 378 g/mol. The van der Waals surface area contributed by atoms with Crippen LogP contribution in [0.15, 0.2) is 27.8 Å². The summed E-state index contributed by atoms with van der Waals surface area (Å²) in [4.78, 5) is 42.1. The molecule has 3 rings (SSSR count). The molecule has 1 saturated heterocycles. The van der Waals surface area contributed by atoms with Gasteiger partial charge in [0, 0.05) is 37.7 Å². The minimum Gasteiger partial charge on any atom is -0.339 e. The average molecular weight is 379 g/mol. The molecular weight excluding hydrogens is 356 g/mol. The highest BCUT2D eigenvalue weighted by Crippen LogP contribution is 2.16. The predicted molar refractivity (Wildman–Crippen MR) is 102 cm³/mol. The number of amides is 1. The van der Waals surface area contributed by atoms with Crippen LogP contribution in [0.25, 0.3) is 10.9 Å². The second-order valence-electron chi connectivity index (χ2n) is 6.39. The number of aromatic nitrogens is 2. The Kier molecular flexibility index (Phi) is 5.48. The standard InChI is InChI=1S/C18H23ClN4O3/c1-3-20-7-9-21(10-8-20)16(24)12-23-15-11-13(19)5-6-14(15)17(25)22(4-2)18(23)26/h5-6,11H,3-4,7-10,12H2,1-2H3. The molecule has 140 valence electrons. The van der Waals surface area contributed by atoms with Crippen molar-refractivity contribution in [3.63, 3.8) is 0 Å². The Morgan fingerprint density at radius 1 is 1.04 bits per heavy atom. The van der Waals surface area contributed by atoms with Crippen LogP contribution in [0.1, 0.15) is 13.8 Å². The highest BCUT2D eigenvalue weighted by atomic mass is 35.5. The summed E-state index contributed by atoms with van der Waals surface area (Å²) in [5.74, 6) is -0.120. The van der Waals surface area contributed by atoms with Crippen molar-refractivity contribution in [3.05, 3.63) is 44.1 Å². The first-order valence-electron chi connectivity index (χ1n) is 8.89. The number of nitrogens with zero attached hydrogens (tertiary/aromatic N) is 4. The van der Waals surface area contributed by atoms with Crippen molar-refractivity contribution in [2.45, 2.75) is 26.9 Å². The lowest BCUT2D eigenvalue weighted by Gasteiger charge is -2.34. The Morgan fingerprint density at radius 2 is 1.73 bits per heavy atom. The van der Waals surface area contributed by atoms with Gasteiger partial charge in [-0.05, 0) is 31.7 Å². The molecule has 0 saturated carbocycles. The molecule has 0 bridgehead atoms. The lowest BCUT2D eigenvalue weighted by Crippen LogP contribution is -2.50. The summed E-state index contributed by atoms with van der Waals surface area (Å²) in [5.41, 5.74) is -0.435. The molecule has 2 heterocycles. The Hall–Kier alpha value is -2.12. The predicted octanol–water partition coefficient (Wildman–Crippen LogP) is 1.00. The van der Waals surface area contributed by atoms with Crippen LogP contribution < -0.4 is 11.2 Å². The maximum Gasteiger partial charge on any atom is 0.331 e. The van der Waals surface area contributed by atoms with Crippen molar-refractivity contribution >= 4 is 28.4 Å². The quantitative estimate of drug-likeness (QED) is 0.796. The topological polar surface area (TPSA) is 67.5 Å². The molecule has 0 aliphatic carbocycles. The zero-order valence-corrected chi connectivity index (χ0v) is 15.8. The van der Waals surface area contributed by atoms with Gasteiger partial charge in [-0.25, -0.2) is 4.79 Å². The molecule has 0 atom stereocenters. The molecule has 1 aromatic carbocycles. The maximum atomic E-state index is 12.8. The van der Waals surface area contributed by atoms with E-state index >= 15 is 0 Å². The first-order chi connectivity index (χ1) is 12.5. The molecule has 1 aliphatic rings. The van der Waals surface area contributed by atoms with Crippen molar-refractivity contribution < 1.29 is 4.79 Å². The fourth-order valence-electron chi connectivity index (χ4n) is 3.37. The molecule has 7 nitrogen and oxygen atoms in total. The summed E-state index contributed by atoms with van der Waals surface area (Å²) in [6, 6.07) is 4.79. The van der Waals surface area contributed by atoms with Crippen LogP contribution in [0.4, 0.5) is 0 Å². The fourth-order valence-corrected chi connectivity index (χ4v) is 3.54. The van der Waals surface area contributed by atoms with Gasteiger partial charge in [-0.2, -0.15) is 0 Å². The van der Waals surface area contributed by atoms with Gasteiger partial charge in [0.15, 0.2) is 0 Å². The summed E-state index contributed by atoms with van der Waals surface area (Å²) in [6.07, 6.45) is 0. The molecule has 8 heteroatoms. The van der Waals surface area contributed by atoms with Crippen LogP contribution >= 0.6 is 11.6 Å². The van der Waals surface area contributed by atoms with E-state index in [1.807, 2.05) is 0 Å². The van der Waals surface area contributed by atoms with Gasteiger partial charge in [-0.3, -0.25) is 18.7 Å². The van der Waals surface area contributed by atoms with Gasteiger partial charge in [0.05, 0.1) is 10.9 Å². The van der Waals surface area contributed by atoms with Crippen molar-refractivity contribution in [2.75, 3.05) is 32.7 Å². The highest BCUT2D eigenvalue weighted by Gasteiger charge is 2.22. The van der Waals surface area contributed by atoms with E-state index in [4.69, 9.17) is 11.6 Å². The molecular formula is C18H23ClN4O3. The van der Waals surface area contributed by atoms with E-state index < -0.39 is 5.69 Å². The molecule has 1 fully saturated rings. The highest BCUT2D eigenvalue weighted by molar-refractivity contribution is 6.31. The van der Waals surface area contributed by atoms with Crippen LogP contribution in [0.5, 0.6) is 0 Å². The van der Waals surface area contributed by atoms with Crippen LogP contribution in [0.2, 0.25) is 5.02 Å². The third kappa shape index (κ3) is 3.41. The number of rotatable bonds is 4. The number of hydrogen-bond donors (Lipinski definition) is 0. The number of hydrogen-bond acceptors (Lipinski definition) is 4. The molecule has 26 heavy (non-hydrogen) atoms. The average Bonchev–Trinajstić information content (AvgIpc) is 2.65. The molecule has 0 unspecified atom stereocenters. The van der Waals surface area contributed by atoms with Crippen LogP contribution in [-0.4, -0.2) is 57.6 Å². The Balaban J connectivity index is 1.99. The van der Waals surface area contributed by atoms with Crippen molar-refractivity contribution in [2.24, 2.45) is 0 Å². The number of likely N-dealkylation sites (N-methyl/N-ethyl adjacent to an activating group) is 1. The van der Waals surface area contributed by atoms with Crippen LogP contribution in [0.3, 0.4) is 0 Å². The largest absolute Gasteiger partial charge is 0.339 e. The number of halogens is 1. The van der Waals surface area contributed by atoms with Crippen LogP contribution in [-0.2, 0) is 17.9 Å². The lowest BCUT2D eigenvalue weighted by atomic mass is 10.2. The Labute approximate surface area is 156 Å². The summed E-state index contributed by atoms with van der Waals surface area (Å²) in [7, 11) is 0. The van der Waals surface area contributed by atoms with E-state index in [9.17, 15) is 14.4 Å². The number of piperazine rings is 1. The Bertz CT molecular complexity index is 942. The second kappa shape index (κ2) is 7.63. The van der Waals surface area contributed by atoms with Gasteiger partial charge >= 0.3 is 5.69 Å². The minimum atomic E-state index is -0.479. The number of carbonyl (C=O) groups excluding carboxylic acids is 1. The zero-order valence-electron chi connectivity index (χ0n) is 15.1. The smallest absolute Gasteiger partial charge is 0.331 e. The van der Waals surface area contributed by atoms with E-state index in [0.29, 0.717) is 29.0 Å². The van der Waals surface area contributed by atoms with Gasteiger partial charge in [0.25, 0.3) is 5.56 Å². The molecule has 0 N–H and O–H groups in total. The number of fused-ring (bicyclic) bond motifs is 1. The molecule has 1 amide bonds. The zero-order chi connectivity index (χ0) is 18.8. The lowest BCUT2D eigenvalue weighted by molar-refractivity contribution is -0.133. The third-order valence-electron chi connectivity index (χ3n) is 4.97. The maximum absolute atomic E-state index is 12.8. The van der Waals surface area contributed by atoms with Crippen LogP contribution in [0, 0.1) is 0 Å². The number of benzene rings is 1. The first-order valence-corrected chi connectivity index (χ1v) is 9.27. The van der Waals surface area contributed by atoms with E-state index in [0.717, 1.165) is 24.2 Å². The van der Waals surface area contributed by atoms with E-state index in [-0.39, 0.29) is 24.6 Å². The molecule has 2 aromatic rings. The molecule has 0 spiro atoms. The minimum absolute atomic E-state index is 0.0952. The third-order valence-corrected chi connectivity index (χ3v) is 5.20. The van der Waals surface area contributed by atoms with Gasteiger partial charge in [-0.1, -0.05) is 18.5 Å². The molecule has 1 aromatic heterocycles. The number of carbonyl (C=O) groups is 1. The summed E-state index contributed by atoms with van der Waals surface area (Å²) in [5, 5.41) is 0.808. The SMILES string of the molecule is CCN1CCN(C(=O)Cn2c(=O)n(CC)c(=O)c3ccc(Cl)cc32)CC1. The van der Waals surface area contributed by atoms with Crippen molar-refractivity contribution in [1.29, 1.82) is 0 Å². The fraction of sp³-hybridized carbons (Fsp3) is 0.500. The summed E-state index contributed by atoms with van der Waals surface area (Å²) >= 11 is 6.06. The van der Waals surface area contributed by atoms with Gasteiger partial charge in [0.1, 0.15) is 6.54 Å². The van der Waals surface area contributed by atoms with E-state index in [1.165, 1.54) is 4.57 Å². The van der Waals surface area contributed by atoms with Gasteiger partial charge in [-0.15, -0.1) is 0 Å². The van der Waals surface area contributed by atoms with Gasteiger partial charge < -0.3 is 9.80 Å².